The minimum absolute atomic E-state index is 0.0189. The van der Waals surface area contributed by atoms with E-state index in [1.54, 1.807) is 0 Å². The average Bonchev–Trinajstić information content (AvgIpc) is 2.95. The summed E-state index contributed by atoms with van der Waals surface area (Å²) in [6.07, 6.45) is 0.747. The molecular formula is C29H43N5O6S. The van der Waals surface area contributed by atoms with Crippen LogP contribution in [0.15, 0.2) is 64.6 Å². The van der Waals surface area contributed by atoms with Crippen LogP contribution in [0.5, 0.6) is 0 Å². The summed E-state index contributed by atoms with van der Waals surface area (Å²) in [6, 6.07) is 13.3. The summed E-state index contributed by atoms with van der Waals surface area (Å²) in [7, 11) is -4.03. The Hall–Kier alpha value is -3.32. The molecule has 0 radical (unpaired) electrons. The first kappa shape index (κ1) is 33.9. The number of benzene rings is 2. The van der Waals surface area contributed by atoms with Gasteiger partial charge in [-0.3, -0.25) is 9.59 Å². The van der Waals surface area contributed by atoms with Crippen LogP contribution >= 0.6 is 0 Å². The Bertz CT molecular complexity index is 1240. The normalized spacial score (nSPS) is 15.0. The largest absolute Gasteiger partial charge is 0.411 e. The van der Waals surface area contributed by atoms with Gasteiger partial charge in [-0.25, -0.2) is 8.42 Å². The molecule has 0 unspecified atom stereocenters. The van der Waals surface area contributed by atoms with Crippen molar-refractivity contribution in [2.45, 2.75) is 63.6 Å². The van der Waals surface area contributed by atoms with Crippen LogP contribution in [0.1, 0.15) is 45.2 Å². The SMILES string of the molecule is CC[C@H](C)[C@H](NC(=O)CN)C(=O)N[C@@H](Cc1ccccc1)[C@H](O)CN(CC(C)C)S(=O)(=O)c1ccc(/C=N/O)cc1. The quantitative estimate of drug-likeness (QED) is 0.113. The highest BCUT2D eigenvalue weighted by molar-refractivity contribution is 7.89. The molecule has 2 aromatic carbocycles. The van der Waals surface area contributed by atoms with Gasteiger partial charge >= 0.3 is 0 Å². The molecule has 0 fully saturated rings. The molecule has 0 aliphatic heterocycles. The van der Waals surface area contributed by atoms with Crippen LogP contribution in [0.3, 0.4) is 0 Å². The van der Waals surface area contributed by atoms with Gasteiger partial charge < -0.3 is 26.7 Å². The summed E-state index contributed by atoms with van der Waals surface area (Å²) in [5, 5.41) is 28.7. The molecule has 0 spiro atoms. The fourth-order valence-electron chi connectivity index (χ4n) is 4.31. The third-order valence-electron chi connectivity index (χ3n) is 6.77. The van der Waals surface area contributed by atoms with E-state index in [-0.39, 0.29) is 42.8 Å². The van der Waals surface area contributed by atoms with Crippen LogP contribution in [-0.2, 0) is 26.0 Å². The molecule has 0 heterocycles. The van der Waals surface area contributed by atoms with Crippen molar-refractivity contribution in [1.82, 2.24) is 14.9 Å². The number of rotatable bonds is 16. The molecule has 0 saturated carbocycles. The van der Waals surface area contributed by atoms with Gasteiger partial charge in [0.15, 0.2) is 0 Å². The molecule has 0 aliphatic carbocycles. The van der Waals surface area contributed by atoms with Crippen LogP contribution < -0.4 is 16.4 Å². The van der Waals surface area contributed by atoms with Crippen molar-refractivity contribution in [1.29, 1.82) is 0 Å². The van der Waals surface area contributed by atoms with Gasteiger partial charge in [-0.1, -0.05) is 81.7 Å². The lowest BCUT2D eigenvalue weighted by Gasteiger charge is -2.32. The summed E-state index contributed by atoms with van der Waals surface area (Å²) in [4.78, 5) is 25.5. The first-order valence-corrected chi connectivity index (χ1v) is 15.2. The Morgan fingerprint density at radius 3 is 2.20 bits per heavy atom. The predicted octanol–water partition coefficient (Wildman–Crippen LogP) is 1.72. The van der Waals surface area contributed by atoms with E-state index in [0.717, 1.165) is 5.56 Å². The molecule has 6 N–H and O–H groups in total. The first-order chi connectivity index (χ1) is 19.4. The van der Waals surface area contributed by atoms with Crippen LogP contribution in [0.25, 0.3) is 0 Å². The topological polar surface area (TPSA) is 174 Å². The maximum Gasteiger partial charge on any atom is 0.243 e. The van der Waals surface area contributed by atoms with Gasteiger partial charge in [-0.15, -0.1) is 0 Å². The lowest BCUT2D eigenvalue weighted by molar-refractivity contribution is -0.130. The van der Waals surface area contributed by atoms with Gasteiger partial charge in [-0.05, 0) is 41.5 Å². The number of carbonyl (C=O) groups is 2. The molecule has 2 amide bonds. The van der Waals surface area contributed by atoms with E-state index < -0.39 is 40.0 Å². The zero-order valence-corrected chi connectivity index (χ0v) is 24.9. The molecule has 226 valence electrons. The lowest BCUT2D eigenvalue weighted by atomic mass is 9.96. The average molecular weight is 590 g/mol. The number of nitrogens with two attached hydrogens (primary N) is 1. The molecule has 2 rings (SSSR count). The van der Waals surface area contributed by atoms with Crippen LogP contribution in [0.2, 0.25) is 0 Å². The number of carbonyl (C=O) groups excluding carboxylic acids is 2. The van der Waals surface area contributed by atoms with Crippen molar-refractivity contribution in [3.8, 4) is 0 Å². The van der Waals surface area contributed by atoms with Crippen LogP contribution in [0, 0.1) is 11.8 Å². The van der Waals surface area contributed by atoms with E-state index >= 15 is 0 Å². The molecule has 0 bridgehead atoms. The number of amides is 2. The lowest BCUT2D eigenvalue weighted by Crippen LogP contribution is -2.57. The summed E-state index contributed by atoms with van der Waals surface area (Å²) in [5.74, 6) is -1.23. The predicted molar refractivity (Wildman–Crippen MR) is 158 cm³/mol. The number of nitrogens with one attached hydrogen (secondary N) is 2. The second kappa shape index (κ2) is 16.2. The molecule has 0 aliphatic rings. The maximum absolute atomic E-state index is 13.7. The molecule has 4 atom stereocenters. The van der Waals surface area contributed by atoms with Gasteiger partial charge in [0.2, 0.25) is 21.8 Å². The van der Waals surface area contributed by atoms with Crippen molar-refractivity contribution in [3.63, 3.8) is 0 Å². The van der Waals surface area contributed by atoms with E-state index in [4.69, 9.17) is 10.9 Å². The smallest absolute Gasteiger partial charge is 0.243 e. The first-order valence-electron chi connectivity index (χ1n) is 13.7. The number of hydrogen-bond donors (Lipinski definition) is 5. The van der Waals surface area contributed by atoms with Gasteiger partial charge in [0, 0.05) is 13.1 Å². The fourth-order valence-corrected chi connectivity index (χ4v) is 5.94. The highest BCUT2D eigenvalue weighted by Gasteiger charge is 2.33. The molecule has 12 heteroatoms. The Kier molecular flexibility index (Phi) is 13.4. The number of sulfonamides is 1. The van der Waals surface area contributed by atoms with E-state index in [9.17, 15) is 23.1 Å². The van der Waals surface area contributed by atoms with E-state index in [1.807, 2.05) is 58.0 Å². The highest BCUT2D eigenvalue weighted by Crippen LogP contribution is 2.20. The second-order valence-electron chi connectivity index (χ2n) is 10.5. The zero-order chi connectivity index (χ0) is 30.6. The summed E-state index contributed by atoms with van der Waals surface area (Å²) >= 11 is 0. The number of aliphatic hydroxyl groups excluding tert-OH is 1. The molecule has 0 aromatic heterocycles. The molecule has 41 heavy (non-hydrogen) atoms. The Labute approximate surface area is 242 Å². The summed E-state index contributed by atoms with van der Waals surface area (Å²) in [6.45, 7) is 7.05. The molecule has 11 nitrogen and oxygen atoms in total. The van der Waals surface area contributed by atoms with Gasteiger partial charge in [0.05, 0.1) is 29.8 Å². The molecule has 0 saturated heterocycles. The highest BCUT2D eigenvalue weighted by atomic mass is 32.2. The monoisotopic (exact) mass is 589 g/mol. The van der Waals surface area contributed by atoms with Crippen LogP contribution in [-0.4, -0.2) is 78.9 Å². The van der Waals surface area contributed by atoms with Gasteiger partial charge in [-0.2, -0.15) is 4.31 Å². The minimum Gasteiger partial charge on any atom is -0.411 e. The molecule has 2 aromatic rings. The minimum atomic E-state index is -4.03. The number of aliphatic hydroxyl groups is 1. The van der Waals surface area contributed by atoms with Gasteiger partial charge in [0.1, 0.15) is 6.04 Å². The zero-order valence-electron chi connectivity index (χ0n) is 24.1. The summed E-state index contributed by atoms with van der Waals surface area (Å²) in [5.41, 5.74) is 6.81. The van der Waals surface area contributed by atoms with Crippen molar-refractivity contribution >= 4 is 28.1 Å². The number of oxime groups is 1. The summed E-state index contributed by atoms with van der Waals surface area (Å²) < 4.78 is 28.5. The van der Waals surface area contributed by atoms with Crippen molar-refractivity contribution < 1.29 is 28.3 Å². The maximum atomic E-state index is 13.7. The van der Waals surface area contributed by atoms with Crippen molar-refractivity contribution in [3.05, 3.63) is 65.7 Å². The third kappa shape index (κ3) is 10.2. The molecular weight excluding hydrogens is 546 g/mol. The van der Waals surface area contributed by atoms with Crippen molar-refractivity contribution in [2.75, 3.05) is 19.6 Å². The second-order valence-corrected chi connectivity index (χ2v) is 12.5. The Balaban J connectivity index is 2.39. The fraction of sp³-hybridized carbons (Fsp3) is 0.483. The number of nitrogens with zero attached hydrogens (tertiary/aromatic N) is 2. The Morgan fingerprint density at radius 1 is 1.02 bits per heavy atom. The number of hydrogen-bond acceptors (Lipinski definition) is 8. The van der Waals surface area contributed by atoms with Crippen LogP contribution in [0.4, 0.5) is 0 Å². The van der Waals surface area contributed by atoms with E-state index in [1.165, 1.54) is 34.8 Å². The van der Waals surface area contributed by atoms with E-state index in [0.29, 0.717) is 12.0 Å². The van der Waals surface area contributed by atoms with E-state index in [2.05, 4.69) is 15.8 Å². The third-order valence-corrected chi connectivity index (χ3v) is 8.62. The standard InChI is InChI=1S/C29H43N5O6S/c1-5-21(4)28(33-27(36)16-30)29(37)32-25(15-22-9-7-6-8-10-22)26(35)19-34(18-20(2)3)41(39,40)24-13-11-23(12-14-24)17-31-38/h6-14,17,20-21,25-26,28,35,38H,5,15-16,18-19,30H2,1-4H3,(H,32,37)(H,33,36)/b31-17+/t21-,25-,26+,28-/m0/s1. The van der Waals surface area contributed by atoms with Gasteiger partial charge in [0.25, 0.3) is 0 Å². The Morgan fingerprint density at radius 2 is 1.66 bits per heavy atom. The van der Waals surface area contributed by atoms with Crippen molar-refractivity contribution in [2.24, 2.45) is 22.7 Å².